The van der Waals surface area contributed by atoms with Gasteiger partial charge in [-0.15, -0.1) is 0 Å². The van der Waals surface area contributed by atoms with Gasteiger partial charge in [0.15, 0.2) is 0 Å². The smallest absolute Gasteiger partial charge is 0.311 e. The zero-order valence-electron chi connectivity index (χ0n) is 10.9. The highest BCUT2D eigenvalue weighted by Crippen LogP contribution is 2.30. The molecule has 3 heterocycles. The number of rotatable bonds is 3. The van der Waals surface area contributed by atoms with Crippen molar-refractivity contribution < 1.29 is 4.92 Å². The number of anilines is 1. The molecule has 2 aliphatic heterocycles. The number of nitrogens with one attached hydrogen (secondary N) is 2. The molecule has 3 rings (SSSR count). The third kappa shape index (κ3) is 2.53. The van der Waals surface area contributed by atoms with Crippen LogP contribution in [0.5, 0.6) is 0 Å². The van der Waals surface area contributed by atoms with Gasteiger partial charge in [0.05, 0.1) is 4.92 Å². The number of hydrogen-bond acceptors (Lipinski definition) is 5. The van der Waals surface area contributed by atoms with Crippen LogP contribution in [0.15, 0.2) is 12.1 Å². The molecule has 0 spiro atoms. The van der Waals surface area contributed by atoms with Crippen molar-refractivity contribution in [3.8, 4) is 0 Å². The highest BCUT2D eigenvalue weighted by molar-refractivity contribution is 5.56. The number of pyridine rings is 1. The first kappa shape index (κ1) is 12.3. The van der Waals surface area contributed by atoms with E-state index in [2.05, 4.69) is 15.6 Å². The lowest BCUT2D eigenvalue weighted by atomic mass is 10.00. The minimum atomic E-state index is -0.371. The van der Waals surface area contributed by atoms with E-state index in [1.165, 1.54) is 18.9 Å². The lowest BCUT2D eigenvalue weighted by molar-refractivity contribution is -0.384. The van der Waals surface area contributed by atoms with Gasteiger partial charge in [0.25, 0.3) is 0 Å². The summed E-state index contributed by atoms with van der Waals surface area (Å²) in [5, 5.41) is 17.9. The first-order valence-electron chi connectivity index (χ1n) is 6.76. The Labute approximate surface area is 111 Å². The Balaban J connectivity index is 1.79. The van der Waals surface area contributed by atoms with E-state index in [0.29, 0.717) is 17.9 Å². The number of aryl methyl sites for hydroxylation is 1. The molecule has 2 saturated heterocycles. The van der Waals surface area contributed by atoms with Crippen molar-refractivity contribution in [3.05, 3.63) is 27.9 Å². The van der Waals surface area contributed by atoms with E-state index in [-0.39, 0.29) is 16.7 Å². The molecule has 0 radical (unpaired) electrons. The molecular weight excluding hydrogens is 244 g/mol. The molecule has 2 unspecified atom stereocenters. The normalized spacial score (nSPS) is 29.2. The predicted octanol–water partition coefficient (Wildman–Crippen LogP) is 1.99. The predicted molar refractivity (Wildman–Crippen MR) is 72.2 cm³/mol. The molecule has 2 bridgehead atoms. The van der Waals surface area contributed by atoms with Crippen LogP contribution in [-0.2, 0) is 0 Å². The molecule has 2 N–H and O–H groups in total. The molecule has 102 valence electrons. The Morgan fingerprint density at radius 2 is 2.05 bits per heavy atom. The van der Waals surface area contributed by atoms with Gasteiger partial charge in [-0.25, -0.2) is 4.98 Å². The maximum atomic E-state index is 11.0. The van der Waals surface area contributed by atoms with Gasteiger partial charge >= 0.3 is 5.69 Å². The van der Waals surface area contributed by atoms with E-state index in [1.54, 1.807) is 6.07 Å². The van der Waals surface area contributed by atoms with E-state index in [4.69, 9.17) is 0 Å². The number of aromatic nitrogens is 1. The minimum Gasteiger partial charge on any atom is -0.361 e. The van der Waals surface area contributed by atoms with E-state index in [0.717, 1.165) is 18.5 Å². The molecule has 1 aromatic heterocycles. The third-order valence-corrected chi connectivity index (χ3v) is 4.02. The van der Waals surface area contributed by atoms with E-state index >= 15 is 0 Å². The summed E-state index contributed by atoms with van der Waals surface area (Å²) in [6.07, 6.45) is 4.46. The highest BCUT2D eigenvalue weighted by atomic mass is 16.6. The molecule has 2 fully saturated rings. The fourth-order valence-electron chi connectivity index (χ4n) is 3.17. The van der Waals surface area contributed by atoms with Crippen LogP contribution in [0.4, 0.5) is 11.5 Å². The van der Waals surface area contributed by atoms with Gasteiger partial charge in [0.1, 0.15) is 0 Å². The monoisotopic (exact) mass is 262 g/mol. The molecule has 0 saturated carbocycles. The molecule has 6 heteroatoms. The van der Waals surface area contributed by atoms with Crippen LogP contribution in [0, 0.1) is 17.0 Å². The summed E-state index contributed by atoms with van der Waals surface area (Å²) in [6.45, 7) is 1.85. The van der Waals surface area contributed by atoms with Crippen molar-refractivity contribution in [1.82, 2.24) is 10.3 Å². The van der Waals surface area contributed by atoms with Crippen molar-refractivity contribution >= 4 is 11.5 Å². The standard InChI is InChI=1S/C13H18N4O2/c1-8-2-5-12(17(18)19)13(14-8)16-11-6-9-3-4-10(7-11)15-9/h2,5,9-11,15H,3-4,6-7H2,1H3,(H,14,16). The third-order valence-electron chi connectivity index (χ3n) is 4.02. The summed E-state index contributed by atoms with van der Waals surface area (Å²) < 4.78 is 0. The van der Waals surface area contributed by atoms with Crippen molar-refractivity contribution in [2.45, 2.75) is 50.7 Å². The van der Waals surface area contributed by atoms with E-state index in [1.807, 2.05) is 6.92 Å². The van der Waals surface area contributed by atoms with Gasteiger partial charge < -0.3 is 10.6 Å². The molecule has 2 aliphatic rings. The molecule has 0 amide bonds. The Morgan fingerprint density at radius 3 is 2.68 bits per heavy atom. The molecule has 0 aromatic carbocycles. The number of piperidine rings is 1. The van der Waals surface area contributed by atoms with Gasteiger partial charge in [0, 0.05) is 29.9 Å². The van der Waals surface area contributed by atoms with Crippen molar-refractivity contribution in [2.24, 2.45) is 0 Å². The molecule has 2 atom stereocenters. The maximum absolute atomic E-state index is 11.0. The van der Waals surface area contributed by atoms with Gasteiger partial charge in [-0.2, -0.15) is 0 Å². The van der Waals surface area contributed by atoms with Crippen LogP contribution in [0.1, 0.15) is 31.4 Å². The average Bonchev–Trinajstić information content (AvgIpc) is 2.68. The summed E-state index contributed by atoms with van der Waals surface area (Å²) in [7, 11) is 0. The summed E-state index contributed by atoms with van der Waals surface area (Å²) >= 11 is 0. The van der Waals surface area contributed by atoms with Crippen LogP contribution in [0.2, 0.25) is 0 Å². The van der Waals surface area contributed by atoms with Crippen LogP contribution in [0.25, 0.3) is 0 Å². The number of hydrogen-bond donors (Lipinski definition) is 2. The molecule has 0 aliphatic carbocycles. The van der Waals surface area contributed by atoms with Crippen molar-refractivity contribution in [1.29, 1.82) is 0 Å². The van der Waals surface area contributed by atoms with Crippen molar-refractivity contribution in [3.63, 3.8) is 0 Å². The summed E-state index contributed by atoms with van der Waals surface area (Å²) in [5.41, 5.74) is 0.862. The van der Waals surface area contributed by atoms with Crippen LogP contribution >= 0.6 is 0 Å². The van der Waals surface area contributed by atoms with Gasteiger partial charge in [-0.3, -0.25) is 10.1 Å². The zero-order chi connectivity index (χ0) is 13.4. The van der Waals surface area contributed by atoms with Crippen LogP contribution < -0.4 is 10.6 Å². The number of nitro groups is 1. The lowest BCUT2D eigenvalue weighted by Gasteiger charge is -2.29. The van der Waals surface area contributed by atoms with Gasteiger partial charge in [-0.1, -0.05) is 0 Å². The highest BCUT2D eigenvalue weighted by Gasteiger charge is 2.34. The molecule has 1 aromatic rings. The first-order chi connectivity index (χ1) is 9.11. The Hall–Kier alpha value is -1.69. The fraction of sp³-hybridized carbons (Fsp3) is 0.615. The SMILES string of the molecule is Cc1ccc([N+](=O)[O-])c(NC2CC3CCC(C2)N3)n1. The number of nitrogens with zero attached hydrogens (tertiary/aromatic N) is 2. The van der Waals surface area contributed by atoms with Gasteiger partial charge in [0.2, 0.25) is 5.82 Å². The lowest BCUT2D eigenvalue weighted by Crippen LogP contribution is -2.43. The van der Waals surface area contributed by atoms with Crippen LogP contribution in [0.3, 0.4) is 0 Å². The van der Waals surface area contributed by atoms with Gasteiger partial charge in [-0.05, 0) is 38.7 Å². The quantitative estimate of drug-likeness (QED) is 0.643. The van der Waals surface area contributed by atoms with E-state index in [9.17, 15) is 10.1 Å². The van der Waals surface area contributed by atoms with E-state index < -0.39 is 0 Å². The summed E-state index contributed by atoms with van der Waals surface area (Å²) in [6, 6.07) is 4.60. The zero-order valence-corrected chi connectivity index (χ0v) is 10.9. The average molecular weight is 262 g/mol. The Morgan fingerprint density at radius 1 is 1.37 bits per heavy atom. The maximum Gasteiger partial charge on any atom is 0.311 e. The molecular formula is C13H18N4O2. The number of fused-ring (bicyclic) bond motifs is 2. The second kappa shape index (κ2) is 4.77. The van der Waals surface area contributed by atoms with Crippen molar-refractivity contribution in [2.75, 3.05) is 5.32 Å². The minimum absolute atomic E-state index is 0.0662. The van der Waals surface area contributed by atoms with Crippen LogP contribution in [-0.4, -0.2) is 28.0 Å². The Bertz CT molecular complexity index is 493. The second-order valence-electron chi connectivity index (χ2n) is 5.53. The Kier molecular flexibility index (Phi) is 3.10. The summed E-state index contributed by atoms with van der Waals surface area (Å²) in [5.74, 6) is 0.413. The molecule has 19 heavy (non-hydrogen) atoms. The fourth-order valence-corrected chi connectivity index (χ4v) is 3.17. The first-order valence-corrected chi connectivity index (χ1v) is 6.76. The largest absolute Gasteiger partial charge is 0.361 e. The second-order valence-corrected chi connectivity index (χ2v) is 5.53. The topological polar surface area (TPSA) is 80.1 Å². The molecule has 6 nitrogen and oxygen atoms in total. The summed E-state index contributed by atoms with van der Waals surface area (Å²) in [4.78, 5) is 14.9.